The number of carbonyl (C=O) groups is 2. The number of benzene rings is 1. The molecule has 0 saturated heterocycles. The summed E-state index contributed by atoms with van der Waals surface area (Å²) < 4.78 is 0. The van der Waals surface area contributed by atoms with Gasteiger partial charge in [-0.15, -0.1) is 11.3 Å². The molecule has 0 atom stereocenters. The SMILES string of the molecule is Nc1c(C(=O)c2ccc(Cl)cc2)sc2nc3c(cc12)C(=O)CCC3. The Morgan fingerprint density at radius 2 is 1.96 bits per heavy atom. The number of thiophene rings is 1. The summed E-state index contributed by atoms with van der Waals surface area (Å²) in [5, 5.41) is 1.26. The van der Waals surface area contributed by atoms with E-state index in [0.717, 1.165) is 18.5 Å². The van der Waals surface area contributed by atoms with Crippen LogP contribution in [-0.4, -0.2) is 16.6 Å². The van der Waals surface area contributed by atoms with Crippen LogP contribution in [0.25, 0.3) is 10.2 Å². The highest BCUT2D eigenvalue weighted by atomic mass is 35.5. The quantitative estimate of drug-likeness (QED) is 0.695. The van der Waals surface area contributed by atoms with Crippen LogP contribution >= 0.6 is 22.9 Å². The maximum atomic E-state index is 12.7. The third-order valence-corrected chi connectivity index (χ3v) is 5.60. The van der Waals surface area contributed by atoms with Crippen LogP contribution in [0.4, 0.5) is 5.69 Å². The number of aryl methyl sites for hydroxylation is 1. The van der Waals surface area contributed by atoms with Crippen molar-refractivity contribution in [2.24, 2.45) is 0 Å². The fourth-order valence-corrected chi connectivity index (χ4v) is 4.15. The van der Waals surface area contributed by atoms with Gasteiger partial charge in [0.05, 0.1) is 11.4 Å². The first-order valence-corrected chi connectivity index (χ1v) is 8.79. The summed E-state index contributed by atoms with van der Waals surface area (Å²) in [7, 11) is 0. The normalized spacial score (nSPS) is 14.0. The third kappa shape index (κ3) is 2.41. The number of fused-ring (bicyclic) bond motifs is 2. The van der Waals surface area contributed by atoms with Crippen LogP contribution in [-0.2, 0) is 6.42 Å². The number of nitrogens with two attached hydrogens (primary N) is 1. The second-order valence-electron chi connectivity index (χ2n) is 5.79. The van der Waals surface area contributed by atoms with Crippen molar-refractivity contribution < 1.29 is 9.59 Å². The van der Waals surface area contributed by atoms with Crippen LogP contribution in [0.5, 0.6) is 0 Å². The van der Waals surface area contributed by atoms with E-state index in [-0.39, 0.29) is 11.6 Å². The minimum absolute atomic E-state index is 0.0989. The number of Topliss-reactive ketones (excluding diaryl/α,β-unsaturated/α-hetero) is 1. The van der Waals surface area contributed by atoms with Gasteiger partial charge in [-0.25, -0.2) is 4.98 Å². The van der Waals surface area contributed by atoms with Gasteiger partial charge in [0.2, 0.25) is 5.78 Å². The molecule has 6 heteroatoms. The van der Waals surface area contributed by atoms with Crippen LogP contribution in [0.1, 0.15) is 44.1 Å². The number of hydrogen-bond donors (Lipinski definition) is 1. The summed E-state index contributed by atoms with van der Waals surface area (Å²) in [5.41, 5.74) is 8.57. The van der Waals surface area contributed by atoms with Crippen LogP contribution in [0.3, 0.4) is 0 Å². The molecule has 1 aromatic carbocycles. The van der Waals surface area contributed by atoms with E-state index in [1.54, 1.807) is 30.3 Å². The molecule has 0 bridgehead atoms. The summed E-state index contributed by atoms with van der Waals surface area (Å²) in [6, 6.07) is 8.50. The maximum absolute atomic E-state index is 12.7. The van der Waals surface area contributed by atoms with Crippen molar-refractivity contribution >= 4 is 50.4 Å². The lowest BCUT2D eigenvalue weighted by Gasteiger charge is -2.13. The Bertz CT molecular complexity index is 992. The molecule has 4 rings (SSSR count). The van der Waals surface area contributed by atoms with E-state index < -0.39 is 0 Å². The van der Waals surface area contributed by atoms with Gasteiger partial charge in [0.15, 0.2) is 5.78 Å². The molecule has 0 aliphatic heterocycles. The fourth-order valence-electron chi connectivity index (χ4n) is 2.96. The van der Waals surface area contributed by atoms with Crippen molar-refractivity contribution in [3.63, 3.8) is 0 Å². The van der Waals surface area contributed by atoms with E-state index in [1.807, 2.05) is 0 Å². The monoisotopic (exact) mass is 356 g/mol. The molecule has 0 unspecified atom stereocenters. The van der Waals surface area contributed by atoms with Crippen LogP contribution < -0.4 is 5.73 Å². The topological polar surface area (TPSA) is 73.1 Å². The zero-order chi connectivity index (χ0) is 16.8. The number of aromatic nitrogens is 1. The van der Waals surface area contributed by atoms with Gasteiger partial charge in [0.1, 0.15) is 9.71 Å². The number of carbonyl (C=O) groups excluding carboxylic acids is 2. The number of rotatable bonds is 2. The summed E-state index contributed by atoms with van der Waals surface area (Å²) in [4.78, 5) is 30.5. The molecule has 0 fully saturated rings. The Labute approximate surface area is 147 Å². The number of ketones is 2. The van der Waals surface area contributed by atoms with Crippen molar-refractivity contribution in [1.29, 1.82) is 0 Å². The minimum atomic E-state index is -0.156. The molecular formula is C18H13ClN2O2S. The van der Waals surface area contributed by atoms with Crippen molar-refractivity contribution in [1.82, 2.24) is 4.98 Å². The third-order valence-electron chi connectivity index (χ3n) is 4.23. The average Bonchev–Trinajstić information content (AvgIpc) is 2.90. The van der Waals surface area contributed by atoms with Crippen LogP contribution in [0, 0.1) is 0 Å². The van der Waals surface area contributed by atoms with Crippen LogP contribution in [0.2, 0.25) is 5.02 Å². The van der Waals surface area contributed by atoms with E-state index in [0.29, 0.717) is 43.4 Å². The zero-order valence-corrected chi connectivity index (χ0v) is 14.2. The highest BCUT2D eigenvalue weighted by Crippen LogP contribution is 2.36. The molecule has 120 valence electrons. The van der Waals surface area contributed by atoms with Crippen molar-refractivity contribution in [3.8, 4) is 0 Å². The summed E-state index contributed by atoms with van der Waals surface area (Å²) in [5.74, 6) is -0.0571. The average molecular weight is 357 g/mol. The standard InChI is InChI=1S/C18H13ClN2O2S/c19-10-6-4-9(5-7-10)16(23)17-15(20)12-8-11-13(21-18(12)24-17)2-1-3-14(11)22/h4-8H,1-3,20H2. The molecule has 0 radical (unpaired) electrons. The second-order valence-corrected chi connectivity index (χ2v) is 7.23. The molecule has 2 aromatic heterocycles. The van der Waals surface area contributed by atoms with Gasteiger partial charge >= 0.3 is 0 Å². The molecule has 4 nitrogen and oxygen atoms in total. The zero-order valence-electron chi connectivity index (χ0n) is 12.6. The predicted molar refractivity (Wildman–Crippen MR) is 96.2 cm³/mol. The summed E-state index contributed by atoms with van der Waals surface area (Å²) in [6.07, 6.45) is 2.15. The van der Waals surface area contributed by atoms with Gasteiger partial charge in [0.25, 0.3) is 0 Å². The van der Waals surface area contributed by atoms with Crippen molar-refractivity contribution in [2.75, 3.05) is 5.73 Å². The van der Waals surface area contributed by atoms with Crippen molar-refractivity contribution in [3.05, 3.63) is 57.1 Å². The lowest BCUT2D eigenvalue weighted by Crippen LogP contribution is -2.12. The number of anilines is 1. The lowest BCUT2D eigenvalue weighted by atomic mass is 9.94. The Kier molecular flexibility index (Phi) is 3.62. The van der Waals surface area contributed by atoms with E-state index in [4.69, 9.17) is 17.3 Å². The lowest BCUT2D eigenvalue weighted by molar-refractivity contribution is 0.0971. The summed E-state index contributed by atoms with van der Waals surface area (Å²) >= 11 is 7.14. The maximum Gasteiger partial charge on any atom is 0.205 e. The van der Waals surface area contributed by atoms with Gasteiger partial charge in [-0.3, -0.25) is 9.59 Å². The second kappa shape index (κ2) is 5.69. The van der Waals surface area contributed by atoms with Crippen molar-refractivity contribution in [2.45, 2.75) is 19.3 Å². The summed E-state index contributed by atoms with van der Waals surface area (Å²) in [6.45, 7) is 0. The van der Waals surface area contributed by atoms with Gasteiger partial charge < -0.3 is 5.73 Å². The molecule has 0 spiro atoms. The number of hydrogen-bond acceptors (Lipinski definition) is 5. The van der Waals surface area contributed by atoms with E-state index >= 15 is 0 Å². The molecule has 1 aliphatic carbocycles. The Morgan fingerprint density at radius 1 is 1.21 bits per heavy atom. The molecule has 0 amide bonds. The minimum Gasteiger partial charge on any atom is -0.397 e. The fraction of sp³-hybridized carbons (Fsp3) is 0.167. The molecule has 0 saturated carbocycles. The highest BCUT2D eigenvalue weighted by molar-refractivity contribution is 7.21. The molecule has 2 N–H and O–H groups in total. The number of halogens is 1. The number of nitrogen functional groups attached to an aromatic ring is 1. The van der Waals surface area contributed by atoms with E-state index in [2.05, 4.69) is 4.98 Å². The van der Waals surface area contributed by atoms with E-state index in [9.17, 15) is 9.59 Å². The highest BCUT2D eigenvalue weighted by Gasteiger charge is 2.24. The first kappa shape index (κ1) is 15.3. The molecule has 24 heavy (non-hydrogen) atoms. The van der Waals surface area contributed by atoms with Crippen LogP contribution in [0.15, 0.2) is 30.3 Å². The van der Waals surface area contributed by atoms with Gasteiger partial charge in [-0.1, -0.05) is 11.6 Å². The predicted octanol–water partition coefficient (Wildman–Crippen LogP) is 4.28. The van der Waals surface area contributed by atoms with Gasteiger partial charge in [-0.2, -0.15) is 0 Å². The molecule has 3 aromatic rings. The molecular weight excluding hydrogens is 344 g/mol. The van der Waals surface area contributed by atoms with Gasteiger partial charge in [-0.05, 0) is 43.2 Å². The number of pyridine rings is 1. The molecule has 1 aliphatic rings. The van der Waals surface area contributed by atoms with E-state index in [1.165, 1.54) is 11.3 Å². The smallest absolute Gasteiger partial charge is 0.205 e. The Balaban J connectivity index is 1.85. The van der Waals surface area contributed by atoms with Gasteiger partial charge in [0, 0.05) is 28.0 Å². The first-order chi connectivity index (χ1) is 11.5. The Morgan fingerprint density at radius 3 is 2.71 bits per heavy atom. The number of nitrogens with zero attached hydrogens (tertiary/aromatic N) is 1. The Hall–Kier alpha value is -2.24. The first-order valence-electron chi connectivity index (χ1n) is 7.60. The molecule has 2 heterocycles. The largest absolute Gasteiger partial charge is 0.397 e.